The zero-order valence-corrected chi connectivity index (χ0v) is 15.0. The summed E-state index contributed by atoms with van der Waals surface area (Å²) in [6, 6.07) is 25.1. The van der Waals surface area contributed by atoms with Crippen LogP contribution in [0.2, 0.25) is 0 Å². The molecule has 0 aliphatic carbocycles. The second kappa shape index (κ2) is 6.61. The van der Waals surface area contributed by atoms with E-state index >= 15 is 0 Å². The Hall–Kier alpha value is -2.78. The highest BCUT2D eigenvalue weighted by Gasteiger charge is 2.14. The van der Waals surface area contributed by atoms with Crippen LogP contribution < -0.4 is 0 Å². The van der Waals surface area contributed by atoms with Crippen LogP contribution in [-0.2, 0) is 0 Å². The van der Waals surface area contributed by atoms with E-state index in [1.54, 1.807) is 0 Å². The Labute approximate surface area is 152 Å². The molecule has 0 fully saturated rings. The number of aryl methyl sites for hydroxylation is 2. The first-order chi connectivity index (χ1) is 12.2. The minimum atomic E-state index is 0.798. The third kappa shape index (κ3) is 3.11. The fraction of sp³-hybridized carbons (Fsp3) is 0.0909. The molecule has 0 spiro atoms. The van der Waals surface area contributed by atoms with Crippen molar-refractivity contribution in [2.75, 3.05) is 0 Å². The first-order valence-corrected chi connectivity index (χ1v) is 9.06. The second-order valence-corrected chi connectivity index (χ2v) is 6.89. The lowest BCUT2D eigenvalue weighted by Gasteiger charge is -2.10. The molecule has 1 aromatic heterocycles. The predicted molar refractivity (Wildman–Crippen MR) is 106 cm³/mol. The topological polar surface area (TPSA) is 25.8 Å². The zero-order chi connectivity index (χ0) is 17.2. The molecule has 2 nitrogen and oxygen atoms in total. The fourth-order valence-electron chi connectivity index (χ4n) is 3.13. The monoisotopic (exact) mass is 342 g/mol. The van der Waals surface area contributed by atoms with Crippen LogP contribution in [0.1, 0.15) is 11.1 Å². The summed E-state index contributed by atoms with van der Waals surface area (Å²) in [6.07, 6.45) is 0. The highest BCUT2D eigenvalue weighted by atomic mass is 32.1. The Kier molecular flexibility index (Phi) is 4.16. The van der Waals surface area contributed by atoms with Gasteiger partial charge in [-0.1, -0.05) is 72.8 Å². The molecule has 4 rings (SSSR count). The second-order valence-electron chi connectivity index (χ2n) is 6.14. The molecule has 0 unspecified atom stereocenters. The van der Waals surface area contributed by atoms with Gasteiger partial charge in [0, 0.05) is 11.1 Å². The SMILES string of the molecule is Cc1cc(-c2ccccc2)cc(C)c1-c1nc(-c2ccccc2)ns1. The van der Waals surface area contributed by atoms with Gasteiger partial charge in [0.15, 0.2) is 5.82 Å². The maximum atomic E-state index is 4.78. The van der Waals surface area contributed by atoms with Crippen LogP contribution in [-0.4, -0.2) is 9.36 Å². The third-order valence-corrected chi connectivity index (χ3v) is 5.04. The van der Waals surface area contributed by atoms with Crippen LogP contribution >= 0.6 is 11.5 Å². The Morgan fingerprint density at radius 2 is 1.24 bits per heavy atom. The van der Waals surface area contributed by atoms with Crippen LogP contribution in [0, 0.1) is 13.8 Å². The van der Waals surface area contributed by atoms with E-state index < -0.39 is 0 Å². The lowest BCUT2D eigenvalue weighted by molar-refractivity contribution is 1.30. The molecule has 0 saturated heterocycles. The van der Waals surface area contributed by atoms with E-state index in [1.165, 1.54) is 39.3 Å². The summed E-state index contributed by atoms with van der Waals surface area (Å²) < 4.78 is 4.56. The van der Waals surface area contributed by atoms with Gasteiger partial charge >= 0.3 is 0 Å². The molecule has 0 N–H and O–H groups in total. The normalized spacial score (nSPS) is 10.8. The van der Waals surface area contributed by atoms with Crippen molar-refractivity contribution in [2.24, 2.45) is 0 Å². The number of nitrogens with zero attached hydrogens (tertiary/aromatic N) is 2. The Bertz CT molecular complexity index is 982. The predicted octanol–water partition coefficient (Wildman–Crippen LogP) is 6.16. The quantitative estimate of drug-likeness (QED) is 0.446. The number of hydrogen-bond acceptors (Lipinski definition) is 3. The molecule has 0 bridgehead atoms. The Morgan fingerprint density at radius 3 is 1.84 bits per heavy atom. The number of rotatable bonds is 3. The van der Waals surface area contributed by atoms with Gasteiger partial charge in [-0.15, -0.1) is 0 Å². The van der Waals surface area contributed by atoms with E-state index in [0.717, 1.165) is 16.4 Å². The largest absolute Gasteiger partial charge is 0.215 e. The number of benzene rings is 3. The van der Waals surface area contributed by atoms with E-state index in [9.17, 15) is 0 Å². The fourth-order valence-corrected chi connectivity index (χ4v) is 3.99. The van der Waals surface area contributed by atoms with Gasteiger partial charge in [-0.3, -0.25) is 0 Å². The maximum absolute atomic E-state index is 4.78. The van der Waals surface area contributed by atoms with E-state index in [0.29, 0.717) is 0 Å². The summed E-state index contributed by atoms with van der Waals surface area (Å²) in [5.41, 5.74) is 7.19. The molecule has 0 saturated carbocycles. The van der Waals surface area contributed by atoms with Crippen molar-refractivity contribution in [3.05, 3.63) is 83.9 Å². The van der Waals surface area contributed by atoms with E-state index in [-0.39, 0.29) is 0 Å². The van der Waals surface area contributed by atoms with Gasteiger partial charge in [-0.25, -0.2) is 4.98 Å². The first-order valence-electron chi connectivity index (χ1n) is 8.28. The van der Waals surface area contributed by atoms with Gasteiger partial charge in [0.1, 0.15) is 5.01 Å². The van der Waals surface area contributed by atoms with Gasteiger partial charge in [0.05, 0.1) is 0 Å². The molecule has 25 heavy (non-hydrogen) atoms. The van der Waals surface area contributed by atoms with Crippen LogP contribution in [0.3, 0.4) is 0 Å². The van der Waals surface area contributed by atoms with Crippen molar-refractivity contribution in [3.8, 4) is 33.1 Å². The molecule has 3 aromatic carbocycles. The summed E-state index contributed by atoms with van der Waals surface area (Å²) >= 11 is 1.47. The first kappa shape index (κ1) is 15.7. The molecule has 122 valence electrons. The minimum absolute atomic E-state index is 0.798. The van der Waals surface area contributed by atoms with Crippen LogP contribution in [0.25, 0.3) is 33.1 Å². The summed E-state index contributed by atoms with van der Waals surface area (Å²) in [7, 11) is 0. The molecule has 0 radical (unpaired) electrons. The van der Waals surface area contributed by atoms with Gasteiger partial charge in [0.2, 0.25) is 0 Å². The third-order valence-electron chi connectivity index (χ3n) is 4.31. The van der Waals surface area contributed by atoms with Crippen molar-refractivity contribution >= 4 is 11.5 Å². The standard InChI is InChI=1S/C22H18N2S/c1-15-13-19(17-9-5-3-6-10-17)14-16(2)20(15)22-23-21(24-25-22)18-11-7-4-8-12-18/h3-14H,1-2H3. The average Bonchev–Trinajstić information content (AvgIpc) is 3.12. The summed E-state index contributed by atoms with van der Waals surface area (Å²) in [4.78, 5) is 4.78. The number of aromatic nitrogens is 2. The Morgan fingerprint density at radius 1 is 0.680 bits per heavy atom. The molecule has 4 aromatic rings. The molecule has 3 heteroatoms. The highest BCUT2D eigenvalue weighted by Crippen LogP contribution is 2.34. The molecule has 0 amide bonds. The molecule has 0 aliphatic heterocycles. The van der Waals surface area contributed by atoms with Crippen molar-refractivity contribution in [3.63, 3.8) is 0 Å². The lowest BCUT2D eigenvalue weighted by Crippen LogP contribution is -1.90. The van der Waals surface area contributed by atoms with E-state index in [2.05, 4.69) is 54.6 Å². The molecular weight excluding hydrogens is 324 g/mol. The molecule has 0 aliphatic rings. The molecule has 0 atom stereocenters. The van der Waals surface area contributed by atoms with E-state index in [4.69, 9.17) is 4.98 Å². The summed E-state index contributed by atoms with van der Waals surface area (Å²) in [5, 5.41) is 0.980. The zero-order valence-electron chi connectivity index (χ0n) is 14.2. The van der Waals surface area contributed by atoms with Gasteiger partial charge < -0.3 is 0 Å². The maximum Gasteiger partial charge on any atom is 0.173 e. The summed E-state index contributed by atoms with van der Waals surface area (Å²) in [5.74, 6) is 0.798. The Balaban J connectivity index is 1.76. The van der Waals surface area contributed by atoms with Crippen LogP contribution in [0.5, 0.6) is 0 Å². The van der Waals surface area contributed by atoms with Crippen molar-refractivity contribution in [2.45, 2.75) is 13.8 Å². The number of hydrogen-bond donors (Lipinski definition) is 0. The smallest absolute Gasteiger partial charge is 0.173 e. The van der Waals surface area contributed by atoms with Gasteiger partial charge in [-0.05, 0) is 47.6 Å². The molecule has 1 heterocycles. The highest BCUT2D eigenvalue weighted by molar-refractivity contribution is 7.09. The minimum Gasteiger partial charge on any atom is -0.215 e. The lowest BCUT2D eigenvalue weighted by atomic mass is 9.96. The van der Waals surface area contributed by atoms with Gasteiger partial charge in [0.25, 0.3) is 0 Å². The van der Waals surface area contributed by atoms with Crippen LogP contribution in [0.15, 0.2) is 72.8 Å². The van der Waals surface area contributed by atoms with Crippen molar-refractivity contribution in [1.82, 2.24) is 9.36 Å². The van der Waals surface area contributed by atoms with Crippen molar-refractivity contribution in [1.29, 1.82) is 0 Å². The average molecular weight is 342 g/mol. The summed E-state index contributed by atoms with van der Waals surface area (Å²) in [6.45, 7) is 4.30. The van der Waals surface area contributed by atoms with E-state index in [1.807, 2.05) is 36.4 Å². The van der Waals surface area contributed by atoms with Crippen LogP contribution in [0.4, 0.5) is 0 Å². The van der Waals surface area contributed by atoms with Gasteiger partial charge in [-0.2, -0.15) is 4.37 Å². The van der Waals surface area contributed by atoms with Crippen molar-refractivity contribution < 1.29 is 0 Å². The molecular formula is C22H18N2S.